The zero-order valence-electron chi connectivity index (χ0n) is 35.5. The summed E-state index contributed by atoms with van der Waals surface area (Å²) in [7, 11) is 1.51. The van der Waals surface area contributed by atoms with Crippen LogP contribution in [-0.2, 0) is 4.79 Å². The van der Waals surface area contributed by atoms with Gasteiger partial charge in [0.25, 0.3) is 23.6 Å². The molecule has 2 aromatic carbocycles. The highest BCUT2D eigenvalue weighted by Crippen LogP contribution is 2.36. The molecule has 0 radical (unpaired) electrons. The summed E-state index contributed by atoms with van der Waals surface area (Å²) < 4.78 is 0. The van der Waals surface area contributed by atoms with Gasteiger partial charge in [-0.3, -0.25) is 24.0 Å². The van der Waals surface area contributed by atoms with Crippen LogP contribution in [0.3, 0.4) is 0 Å². The first-order chi connectivity index (χ1) is 28.6. The minimum absolute atomic E-state index is 0.00934. The molecular formula is C40H62N6O15. The minimum atomic E-state index is -1.71. The van der Waals surface area contributed by atoms with E-state index in [2.05, 4.69) is 21.3 Å². The highest BCUT2D eigenvalue weighted by molar-refractivity contribution is 6.08. The molecule has 2 rings (SSSR count). The summed E-state index contributed by atoms with van der Waals surface area (Å²) in [6, 6.07) is 0. The average Bonchev–Trinajstić information content (AvgIpc) is 3.21. The third kappa shape index (κ3) is 13.1. The van der Waals surface area contributed by atoms with Crippen LogP contribution in [0.4, 0.5) is 11.4 Å². The van der Waals surface area contributed by atoms with Crippen LogP contribution in [0.2, 0.25) is 0 Å². The van der Waals surface area contributed by atoms with Gasteiger partial charge in [0, 0.05) is 67.7 Å². The molecule has 6 unspecified atom stereocenters. The largest absolute Gasteiger partial charge is 0.394 e. The van der Waals surface area contributed by atoms with Crippen LogP contribution in [0.1, 0.15) is 74.8 Å². The number of hydrogen-bond acceptors (Lipinski definition) is 16. The third-order valence-corrected chi connectivity index (χ3v) is 10.3. The summed E-state index contributed by atoms with van der Waals surface area (Å²) in [5.74, 6) is -2.97. The number of benzene rings is 2. The number of nitrogens with one attached hydrogen (secondary N) is 4. The van der Waals surface area contributed by atoms with Crippen molar-refractivity contribution in [2.45, 2.75) is 78.2 Å². The molecule has 0 aromatic heterocycles. The van der Waals surface area contributed by atoms with E-state index in [1.165, 1.54) is 39.6 Å². The maximum Gasteiger partial charge on any atom is 0.252 e. The highest BCUT2D eigenvalue weighted by Gasteiger charge is 2.32. The van der Waals surface area contributed by atoms with E-state index in [9.17, 15) is 75.0 Å². The van der Waals surface area contributed by atoms with Crippen molar-refractivity contribution in [1.29, 1.82) is 0 Å². The molecule has 61 heavy (non-hydrogen) atoms. The molecule has 21 heteroatoms. The summed E-state index contributed by atoms with van der Waals surface area (Å²) in [4.78, 5) is 69.3. The molecule has 0 fully saturated rings. The Balaban J connectivity index is 2.64. The summed E-state index contributed by atoms with van der Waals surface area (Å²) in [6.45, 7) is 4.19. The standard InChI is InChI=1S/C40H62N6O15/c1-19-31(37(58)41-8-25(52)14-47)21(3)35(22(4)32(19)38(59)42-9-26(53)15-48)45(7)12-29(56)30(57)13-46(18-51)36-23(5)33(39(60)43-10-27(54)16-49)20(2)34(24(36)6)40(61)44-11-28(55)17-50/h18,25-30,47-50,52-57H,8-17H2,1-7H3,(H,41,58)(H,42,59)(H,43,60)(H,44,61). The number of carbonyl (C=O) groups is 5. The maximum absolute atomic E-state index is 13.5. The fourth-order valence-corrected chi connectivity index (χ4v) is 7.23. The van der Waals surface area contributed by atoms with E-state index in [4.69, 9.17) is 0 Å². The van der Waals surface area contributed by atoms with Gasteiger partial charge in [0.1, 0.15) is 0 Å². The van der Waals surface area contributed by atoms with Gasteiger partial charge in [-0.1, -0.05) is 0 Å². The first kappa shape index (κ1) is 52.3. The lowest BCUT2D eigenvalue weighted by molar-refractivity contribution is -0.108. The van der Waals surface area contributed by atoms with Gasteiger partial charge in [-0.25, -0.2) is 0 Å². The Morgan fingerprint density at radius 1 is 0.475 bits per heavy atom. The van der Waals surface area contributed by atoms with E-state index in [1.54, 1.807) is 13.8 Å². The van der Waals surface area contributed by atoms with Crippen molar-refractivity contribution in [2.24, 2.45) is 0 Å². The Morgan fingerprint density at radius 3 is 1.00 bits per heavy atom. The average molecular weight is 867 g/mol. The Bertz CT molecular complexity index is 1770. The van der Waals surface area contributed by atoms with Crippen LogP contribution in [0.5, 0.6) is 0 Å². The second-order valence-corrected chi connectivity index (χ2v) is 14.9. The lowest BCUT2D eigenvalue weighted by atomic mass is 9.89. The summed E-state index contributed by atoms with van der Waals surface area (Å²) in [5, 5.41) is 109. The van der Waals surface area contributed by atoms with Gasteiger partial charge >= 0.3 is 0 Å². The Morgan fingerprint density at radius 2 is 0.738 bits per heavy atom. The van der Waals surface area contributed by atoms with Crippen LogP contribution >= 0.6 is 0 Å². The fourth-order valence-electron chi connectivity index (χ4n) is 7.23. The smallest absolute Gasteiger partial charge is 0.252 e. The summed E-state index contributed by atoms with van der Waals surface area (Å²) in [5.41, 5.74) is 1.54. The molecule has 21 nitrogen and oxygen atoms in total. The Labute approximate surface area is 353 Å². The zero-order chi connectivity index (χ0) is 46.5. The van der Waals surface area contributed by atoms with Gasteiger partial charge in [-0.15, -0.1) is 0 Å². The summed E-state index contributed by atoms with van der Waals surface area (Å²) in [6.07, 6.45) is -8.20. The number of nitrogens with zero attached hydrogens (tertiary/aromatic N) is 2. The first-order valence-electron chi connectivity index (χ1n) is 19.5. The lowest BCUT2D eigenvalue weighted by Gasteiger charge is -2.33. The Hall–Kier alpha value is -4.81. The van der Waals surface area contributed by atoms with E-state index in [0.717, 1.165) is 4.90 Å². The fraction of sp³-hybridized carbons (Fsp3) is 0.575. The van der Waals surface area contributed by atoms with E-state index < -0.39 is 93.2 Å². The minimum Gasteiger partial charge on any atom is -0.394 e. The topological polar surface area (TPSA) is 342 Å². The molecular weight excluding hydrogens is 804 g/mol. The van der Waals surface area contributed by atoms with Crippen LogP contribution in [-0.4, -0.2) is 190 Å². The van der Waals surface area contributed by atoms with E-state index in [0.29, 0.717) is 17.5 Å². The number of likely N-dealkylation sites (N-methyl/N-ethyl adjacent to an activating group) is 1. The third-order valence-electron chi connectivity index (χ3n) is 10.3. The number of aliphatic hydroxyl groups excluding tert-OH is 10. The van der Waals surface area contributed by atoms with Gasteiger partial charge in [0.15, 0.2) is 0 Å². The molecule has 0 saturated carbocycles. The monoisotopic (exact) mass is 866 g/mol. The molecule has 0 bridgehead atoms. The predicted octanol–water partition coefficient (Wildman–Crippen LogP) is -4.31. The van der Waals surface area contributed by atoms with Crippen molar-refractivity contribution in [1.82, 2.24) is 21.3 Å². The number of hydrogen-bond donors (Lipinski definition) is 14. The molecule has 0 aliphatic heterocycles. The second kappa shape index (κ2) is 24.0. The lowest BCUT2D eigenvalue weighted by Crippen LogP contribution is -2.45. The second-order valence-electron chi connectivity index (χ2n) is 14.9. The van der Waals surface area contributed by atoms with E-state index in [1.807, 2.05) is 0 Å². The van der Waals surface area contributed by atoms with Crippen molar-refractivity contribution >= 4 is 41.4 Å². The van der Waals surface area contributed by atoms with Gasteiger partial charge < -0.3 is 82.1 Å². The molecule has 0 spiro atoms. The predicted molar refractivity (Wildman–Crippen MR) is 222 cm³/mol. The number of carbonyl (C=O) groups excluding carboxylic acids is 5. The van der Waals surface area contributed by atoms with E-state index >= 15 is 0 Å². The molecule has 6 atom stereocenters. The van der Waals surface area contributed by atoms with Crippen molar-refractivity contribution < 1.29 is 75.0 Å². The molecule has 0 aliphatic carbocycles. The van der Waals surface area contributed by atoms with Crippen molar-refractivity contribution in [3.8, 4) is 0 Å². The molecule has 0 aliphatic rings. The van der Waals surface area contributed by atoms with Gasteiger partial charge in [0.2, 0.25) is 6.41 Å². The van der Waals surface area contributed by atoms with Crippen LogP contribution in [0, 0.1) is 41.5 Å². The molecule has 342 valence electrons. The molecule has 5 amide bonds. The number of anilines is 2. The first-order valence-corrected chi connectivity index (χ1v) is 19.5. The number of aliphatic hydroxyl groups is 10. The zero-order valence-corrected chi connectivity index (χ0v) is 35.5. The van der Waals surface area contributed by atoms with E-state index in [-0.39, 0.29) is 88.6 Å². The molecule has 2 aromatic rings. The Kier molecular flexibility index (Phi) is 20.6. The SMILES string of the molecule is Cc1c(C(=O)NCC(O)CO)c(C)c(N(C)CC(O)C(O)CN(C=O)c2c(C)c(C(=O)NCC(O)CO)c(C)c(C(=O)NCC(O)CO)c2C)c(C)c1C(=O)NCC(O)CO. The van der Waals surface area contributed by atoms with Crippen LogP contribution in [0.25, 0.3) is 0 Å². The molecule has 0 heterocycles. The highest BCUT2D eigenvalue weighted by atomic mass is 16.3. The van der Waals surface area contributed by atoms with Gasteiger partial charge in [-0.05, 0) is 74.9 Å². The number of amides is 5. The van der Waals surface area contributed by atoms with Crippen molar-refractivity contribution in [3.05, 3.63) is 55.6 Å². The maximum atomic E-state index is 13.5. The van der Waals surface area contributed by atoms with Crippen LogP contribution < -0.4 is 31.1 Å². The summed E-state index contributed by atoms with van der Waals surface area (Å²) >= 11 is 0. The van der Waals surface area contributed by atoms with Crippen molar-refractivity contribution in [3.63, 3.8) is 0 Å². The van der Waals surface area contributed by atoms with Gasteiger partial charge in [0.05, 0.1) is 75.3 Å². The quantitative estimate of drug-likeness (QED) is 0.0444. The molecule has 14 N–H and O–H groups in total. The molecule has 0 saturated heterocycles. The van der Waals surface area contributed by atoms with Crippen molar-refractivity contribution in [2.75, 3.05) is 82.5 Å². The van der Waals surface area contributed by atoms with Gasteiger partial charge in [-0.2, -0.15) is 0 Å². The normalized spacial score (nSPS) is 14.2. The number of rotatable bonds is 24. The van der Waals surface area contributed by atoms with Crippen LogP contribution in [0.15, 0.2) is 0 Å².